The number of amides is 2. The number of carbonyl (C=O) groups excluding carboxylic acids is 2. The fraction of sp³-hybridized carbons (Fsp3) is 0.211. The fourth-order valence-electron chi connectivity index (χ4n) is 2.35. The van der Waals surface area contributed by atoms with Gasteiger partial charge in [0.2, 0.25) is 0 Å². The number of hydrogen-bond acceptors (Lipinski definition) is 4. The van der Waals surface area contributed by atoms with Crippen LogP contribution >= 0.6 is 0 Å². The van der Waals surface area contributed by atoms with Gasteiger partial charge in [-0.2, -0.15) is 5.26 Å². The lowest BCUT2D eigenvalue weighted by Crippen LogP contribution is -2.29. The van der Waals surface area contributed by atoms with Gasteiger partial charge in [0.15, 0.2) is 0 Å². The first-order valence-corrected chi connectivity index (χ1v) is 8.04. The normalized spacial score (nSPS) is 9.80. The molecule has 0 aliphatic carbocycles. The summed E-state index contributed by atoms with van der Waals surface area (Å²) in [6, 6.07) is 15.6. The zero-order chi connectivity index (χ0) is 18.2. The van der Waals surface area contributed by atoms with Crippen molar-refractivity contribution in [2.45, 2.75) is 13.8 Å². The molecule has 128 valence electrons. The smallest absolute Gasteiger partial charge is 0.314 e. The van der Waals surface area contributed by atoms with E-state index in [1.165, 1.54) is 0 Å². The van der Waals surface area contributed by atoms with E-state index in [9.17, 15) is 9.59 Å². The van der Waals surface area contributed by atoms with Gasteiger partial charge in [0, 0.05) is 30.2 Å². The predicted molar refractivity (Wildman–Crippen MR) is 98.4 cm³/mol. The molecule has 2 amide bonds. The van der Waals surface area contributed by atoms with Crippen molar-refractivity contribution in [3.05, 3.63) is 54.1 Å². The van der Waals surface area contributed by atoms with Crippen molar-refractivity contribution < 1.29 is 9.59 Å². The molecule has 0 bridgehead atoms. The molecule has 2 aromatic rings. The third-order valence-corrected chi connectivity index (χ3v) is 3.73. The van der Waals surface area contributed by atoms with Gasteiger partial charge < -0.3 is 15.5 Å². The Kier molecular flexibility index (Phi) is 6.13. The quantitative estimate of drug-likeness (QED) is 0.822. The van der Waals surface area contributed by atoms with Crippen molar-refractivity contribution >= 4 is 28.9 Å². The van der Waals surface area contributed by atoms with Crippen molar-refractivity contribution in [2.24, 2.45) is 0 Å². The summed E-state index contributed by atoms with van der Waals surface area (Å²) in [5.74, 6) is -1.52. The molecule has 0 atom stereocenters. The highest BCUT2D eigenvalue weighted by molar-refractivity contribution is 6.43. The van der Waals surface area contributed by atoms with Gasteiger partial charge in [0.05, 0.1) is 11.6 Å². The van der Waals surface area contributed by atoms with E-state index >= 15 is 0 Å². The first-order valence-electron chi connectivity index (χ1n) is 8.04. The molecule has 25 heavy (non-hydrogen) atoms. The molecule has 0 aliphatic heterocycles. The van der Waals surface area contributed by atoms with E-state index in [0.717, 1.165) is 18.8 Å². The summed E-state index contributed by atoms with van der Waals surface area (Å²) in [7, 11) is 0. The highest BCUT2D eigenvalue weighted by Gasteiger charge is 2.14. The third-order valence-electron chi connectivity index (χ3n) is 3.73. The largest absolute Gasteiger partial charge is 0.372 e. The van der Waals surface area contributed by atoms with Crippen LogP contribution in [0, 0.1) is 11.3 Å². The van der Waals surface area contributed by atoms with E-state index in [0.29, 0.717) is 16.9 Å². The lowest BCUT2D eigenvalue weighted by molar-refractivity contribution is -0.132. The lowest BCUT2D eigenvalue weighted by atomic mass is 10.2. The fourth-order valence-corrected chi connectivity index (χ4v) is 2.35. The molecule has 0 radical (unpaired) electrons. The number of rotatable bonds is 5. The summed E-state index contributed by atoms with van der Waals surface area (Å²) in [6.45, 7) is 5.95. The van der Waals surface area contributed by atoms with Crippen molar-refractivity contribution in [3.63, 3.8) is 0 Å². The van der Waals surface area contributed by atoms with Gasteiger partial charge >= 0.3 is 11.8 Å². The number of anilines is 3. The van der Waals surface area contributed by atoms with E-state index in [4.69, 9.17) is 5.26 Å². The second-order valence-corrected chi connectivity index (χ2v) is 5.32. The molecule has 0 aliphatic rings. The van der Waals surface area contributed by atoms with Gasteiger partial charge in [-0.15, -0.1) is 0 Å². The van der Waals surface area contributed by atoms with E-state index in [1.54, 1.807) is 36.4 Å². The second-order valence-electron chi connectivity index (χ2n) is 5.32. The number of carbonyl (C=O) groups is 2. The van der Waals surface area contributed by atoms with Crippen LogP contribution in [-0.4, -0.2) is 24.9 Å². The van der Waals surface area contributed by atoms with Crippen LogP contribution in [0.1, 0.15) is 19.4 Å². The zero-order valence-corrected chi connectivity index (χ0v) is 14.2. The Hall–Kier alpha value is -3.33. The highest BCUT2D eigenvalue weighted by atomic mass is 16.2. The minimum Gasteiger partial charge on any atom is -0.372 e. The summed E-state index contributed by atoms with van der Waals surface area (Å²) < 4.78 is 0. The minimum atomic E-state index is -0.766. The lowest BCUT2D eigenvalue weighted by Gasteiger charge is -2.21. The summed E-state index contributed by atoms with van der Waals surface area (Å²) >= 11 is 0. The van der Waals surface area contributed by atoms with Crippen LogP contribution in [0.25, 0.3) is 0 Å². The molecule has 6 nitrogen and oxygen atoms in total. The van der Waals surface area contributed by atoms with E-state index < -0.39 is 11.8 Å². The Morgan fingerprint density at radius 2 is 1.32 bits per heavy atom. The van der Waals surface area contributed by atoms with Crippen LogP contribution in [0.15, 0.2) is 48.5 Å². The number of benzene rings is 2. The summed E-state index contributed by atoms with van der Waals surface area (Å²) in [4.78, 5) is 26.1. The second kappa shape index (κ2) is 8.50. The predicted octanol–water partition coefficient (Wildman–Crippen LogP) is 2.98. The number of nitrogens with one attached hydrogen (secondary N) is 2. The first-order chi connectivity index (χ1) is 12.1. The monoisotopic (exact) mass is 336 g/mol. The third kappa shape index (κ3) is 4.82. The van der Waals surface area contributed by atoms with Crippen LogP contribution in [0.4, 0.5) is 17.1 Å². The molecular formula is C19H20N4O2. The molecular weight excluding hydrogens is 316 g/mol. The Morgan fingerprint density at radius 1 is 0.880 bits per heavy atom. The summed E-state index contributed by atoms with van der Waals surface area (Å²) in [5.41, 5.74) is 2.55. The van der Waals surface area contributed by atoms with Crippen molar-refractivity contribution in [3.8, 4) is 6.07 Å². The molecule has 0 unspecified atom stereocenters. The molecule has 2 N–H and O–H groups in total. The van der Waals surface area contributed by atoms with E-state index in [-0.39, 0.29) is 0 Å². The van der Waals surface area contributed by atoms with Crippen LogP contribution in [0.3, 0.4) is 0 Å². The molecule has 0 saturated carbocycles. The highest BCUT2D eigenvalue weighted by Crippen LogP contribution is 2.17. The Morgan fingerprint density at radius 3 is 1.72 bits per heavy atom. The summed E-state index contributed by atoms with van der Waals surface area (Å²) in [5, 5.41) is 13.8. The van der Waals surface area contributed by atoms with E-state index in [2.05, 4.69) is 29.4 Å². The molecule has 0 fully saturated rings. The van der Waals surface area contributed by atoms with Crippen molar-refractivity contribution in [1.82, 2.24) is 0 Å². The van der Waals surface area contributed by atoms with Gasteiger partial charge in [0.1, 0.15) is 0 Å². The van der Waals surface area contributed by atoms with Gasteiger partial charge in [-0.25, -0.2) is 0 Å². The maximum Gasteiger partial charge on any atom is 0.314 e. The van der Waals surface area contributed by atoms with Crippen LogP contribution in [0.2, 0.25) is 0 Å². The Labute approximate surface area is 147 Å². The average molecular weight is 336 g/mol. The van der Waals surface area contributed by atoms with Gasteiger partial charge in [-0.1, -0.05) is 0 Å². The maximum absolute atomic E-state index is 12.0. The van der Waals surface area contributed by atoms with Gasteiger partial charge in [0.25, 0.3) is 0 Å². The molecule has 0 aromatic heterocycles. The maximum atomic E-state index is 12.0. The van der Waals surface area contributed by atoms with Gasteiger partial charge in [-0.3, -0.25) is 9.59 Å². The van der Waals surface area contributed by atoms with Crippen molar-refractivity contribution in [2.75, 3.05) is 28.6 Å². The molecule has 6 heteroatoms. The first kappa shape index (κ1) is 18.0. The molecule has 2 aromatic carbocycles. The minimum absolute atomic E-state index is 0.455. The standard InChI is InChI=1S/C19H20N4O2/c1-3-23(4-2)17-11-9-16(10-12-17)22-19(25)18(24)21-15-7-5-14(13-20)6-8-15/h5-12H,3-4H2,1-2H3,(H,21,24)(H,22,25). The average Bonchev–Trinajstić information content (AvgIpc) is 2.64. The van der Waals surface area contributed by atoms with Crippen LogP contribution < -0.4 is 15.5 Å². The summed E-state index contributed by atoms with van der Waals surface area (Å²) in [6.07, 6.45) is 0. The number of nitriles is 1. The molecule has 0 saturated heterocycles. The van der Waals surface area contributed by atoms with Crippen LogP contribution in [0.5, 0.6) is 0 Å². The Balaban J connectivity index is 1.96. The number of nitrogens with zero attached hydrogens (tertiary/aromatic N) is 2. The van der Waals surface area contributed by atoms with Crippen molar-refractivity contribution in [1.29, 1.82) is 5.26 Å². The Bertz CT molecular complexity index is 773. The van der Waals surface area contributed by atoms with Crippen LogP contribution in [-0.2, 0) is 9.59 Å². The molecule has 0 spiro atoms. The molecule has 0 heterocycles. The SMILES string of the molecule is CCN(CC)c1ccc(NC(=O)C(=O)Nc2ccc(C#N)cc2)cc1. The van der Waals surface area contributed by atoms with E-state index in [1.807, 2.05) is 18.2 Å². The van der Waals surface area contributed by atoms with Gasteiger partial charge in [-0.05, 0) is 62.4 Å². The number of hydrogen-bond donors (Lipinski definition) is 2. The molecule has 2 rings (SSSR count). The zero-order valence-electron chi connectivity index (χ0n) is 14.2. The topological polar surface area (TPSA) is 85.2 Å².